The van der Waals surface area contributed by atoms with Gasteiger partial charge in [-0.3, -0.25) is 9.88 Å². The summed E-state index contributed by atoms with van der Waals surface area (Å²) in [4.78, 5) is 6.92. The highest BCUT2D eigenvalue weighted by atomic mass is 16.4. The Balaban J connectivity index is 1.45. The summed E-state index contributed by atoms with van der Waals surface area (Å²) in [5, 5.41) is 24.6. The van der Waals surface area contributed by atoms with Crippen molar-refractivity contribution in [1.29, 1.82) is 0 Å². The van der Waals surface area contributed by atoms with Crippen molar-refractivity contribution in [3.8, 4) is 5.69 Å². The van der Waals surface area contributed by atoms with E-state index in [0.29, 0.717) is 18.6 Å². The maximum Gasteiger partial charge on any atom is 0.178 e. The van der Waals surface area contributed by atoms with Crippen LogP contribution in [-0.2, 0) is 5.60 Å². The average molecular weight is 457 g/mol. The highest BCUT2D eigenvalue weighted by Gasteiger charge is 2.52. The molecule has 0 unspecified atom stereocenters. The van der Waals surface area contributed by atoms with E-state index in [1.165, 1.54) is 0 Å². The molecule has 2 aliphatic heterocycles. The SMILES string of the molecule is Cc1cccc(C)c1-n1nnnc1[C@H](c1cccnc1)N1[C@H]2CC[C@H]1CC(O)(c1ccco1)C2. The van der Waals surface area contributed by atoms with E-state index >= 15 is 0 Å². The number of aryl methyl sites for hydroxylation is 2. The summed E-state index contributed by atoms with van der Waals surface area (Å²) in [6, 6.07) is 14.2. The molecule has 174 valence electrons. The highest BCUT2D eigenvalue weighted by Crippen LogP contribution is 2.50. The van der Waals surface area contributed by atoms with Gasteiger partial charge in [-0.1, -0.05) is 24.3 Å². The molecule has 6 rings (SSSR count). The Kier molecular flexibility index (Phi) is 5.08. The minimum absolute atomic E-state index is 0.169. The Morgan fingerprint density at radius 2 is 1.79 bits per heavy atom. The van der Waals surface area contributed by atoms with Crippen LogP contribution < -0.4 is 0 Å². The molecule has 2 aliphatic rings. The predicted octanol–water partition coefficient (Wildman–Crippen LogP) is 3.87. The number of nitrogens with zero attached hydrogens (tertiary/aromatic N) is 6. The molecule has 0 aliphatic carbocycles. The lowest BCUT2D eigenvalue weighted by Gasteiger charge is -2.46. The number of piperidine rings is 1. The van der Waals surface area contributed by atoms with E-state index in [4.69, 9.17) is 4.42 Å². The van der Waals surface area contributed by atoms with Crippen LogP contribution in [0.2, 0.25) is 0 Å². The summed E-state index contributed by atoms with van der Waals surface area (Å²) >= 11 is 0. The largest absolute Gasteiger partial charge is 0.466 e. The van der Waals surface area contributed by atoms with Crippen LogP contribution in [0.25, 0.3) is 5.69 Å². The first kappa shape index (κ1) is 21.2. The van der Waals surface area contributed by atoms with Gasteiger partial charge in [0.15, 0.2) is 5.82 Å². The van der Waals surface area contributed by atoms with Gasteiger partial charge in [-0.2, -0.15) is 4.68 Å². The molecule has 8 heteroatoms. The van der Waals surface area contributed by atoms with Gasteiger partial charge in [-0.25, -0.2) is 0 Å². The van der Waals surface area contributed by atoms with Gasteiger partial charge in [0.1, 0.15) is 11.4 Å². The summed E-state index contributed by atoms with van der Waals surface area (Å²) in [7, 11) is 0. The Labute approximate surface area is 198 Å². The number of aliphatic hydroxyl groups is 1. The van der Waals surface area contributed by atoms with E-state index in [2.05, 4.69) is 63.5 Å². The third kappa shape index (κ3) is 3.36. The van der Waals surface area contributed by atoms with Gasteiger partial charge in [0, 0.05) is 24.5 Å². The third-order valence-electron chi connectivity index (χ3n) is 7.49. The molecule has 2 fully saturated rings. The van der Waals surface area contributed by atoms with Gasteiger partial charge >= 0.3 is 0 Å². The van der Waals surface area contributed by atoms with Crippen LogP contribution in [0.5, 0.6) is 0 Å². The third-order valence-corrected chi connectivity index (χ3v) is 7.49. The summed E-state index contributed by atoms with van der Waals surface area (Å²) in [5.41, 5.74) is 3.33. The second kappa shape index (κ2) is 8.14. The van der Waals surface area contributed by atoms with Gasteiger partial charge in [0.05, 0.1) is 18.0 Å². The minimum atomic E-state index is -0.955. The van der Waals surface area contributed by atoms with Crippen LogP contribution in [0, 0.1) is 13.8 Å². The van der Waals surface area contributed by atoms with Crippen molar-refractivity contribution in [1.82, 2.24) is 30.1 Å². The van der Waals surface area contributed by atoms with Crippen LogP contribution in [-0.4, -0.2) is 47.3 Å². The van der Waals surface area contributed by atoms with E-state index in [0.717, 1.165) is 41.0 Å². The summed E-state index contributed by atoms with van der Waals surface area (Å²) in [5.74, 6) is 1.42. The zero-order valence-electron chi connectivity index (χ0n) is 19.4. The highest BCUT2D eigenvalue weighted by molar-refractivity contribution is 5.47. The quantitative estimate of drug-likeness (QED) is 0.487. The molecule has 1 N–H and O–H groups in total. The zero-order chi connectivity index (χ0) is 23.3. The molecular formula is C26H28N6O2. The number of tetrazole rings is 1. The van der Waals surface area contributed by atoms with Crippen LogP contribution >= 0.6 is 0 Å². The van der Waals surface area contributed by atoms with Gasteiger partial charge in [-0.05, 0) is 84.8 Å². The monoisotopic (exact) mass is 456 g/mol. The standard InChI is InChI=1S/C26H28N6O2/c1-17-6-3-7-18(2)23(17)32-25(28-29-30-32)24(19-8-4-12-27-16-19)31-20-10-11-21(31)15-26(33,14-20)22-9-5-13-34-22/h3-9,12-13,16,20-21,24,33H,10-11,14-15H2,1-2H3/t20-,21-,24-/m0/s1. The number of aromatic nitrogens is 5. The fraction of sp³-hybridized carbons (Fsp3) is 0.385. The topological polar surface area (TPSA) is 93.1 Å². The average Bonchev–Trinajstić information content (AvgIpc) is 3.58. The Morgan fingerprint density at radius 3 is 2.44 bits per heavy atom. The second-order valence-electron chi connectivity index (χ2n) is 9.63. The number of para-hydroxylation sites is 1. The summed E-state index contributed by atoms with van der Waals surface area (Å²) in [6.07, 6.45) is 8.57. The van der Waals surface area contributed by atoms with Crippen molar-refractivity contribution in [2.75, 3.05) is 0 Å². The van der Waals surface area contributed by atoms with E-state index in [-0.39, 0.29) is 18.1 Å². The summed E-state index contributed by atoms with van der Waals surface area (Å²) < 4.78 is 7.53. The van der Waals surface area contributed by atoms with Crippen LogP contribution in [0.15, 0.2) is 65.5 Å². The van der Waals surface area contributed by atoms with Gasteiger partial charge < -0.3 is 9.52 Å². The van der Waals surface area contributed by atoms with Crippen LogP contribution in [0.1, 0.15) is 60.0 Å². The van der Waals surface area contributed by atoms with Crippen LogP contribution in [0.4, 0.5) is 0 Å². The number of hydrogen-bond acceptors (Lipinski definition) is 7. The van der Waals surface area contributed by atoms with Crippen molar-refractivity contribution in [2.45, 2.75) is 63.3 Å². The van der Waals surface area contributed by atoms with Crippen molar-refractivity contribution in [3.63, 3.8) is 0 Å². The lowest BCUT2D eigenvalue weighted by atomic mass is 9.82. The fourth-order valence-corrected chi connectivity index (χ4v) is 6.08. The summed E-state index contributed by atoms with van der Waals surface area (Å²) in [6.45, 7) is 4.17. The molecule has 1 aromatic carbocycles. The molecule has 0 spiro atoms. The van der Waals surface area contributed by atoms with E-state index < -0.39 is 5.60 Å². The predicted molar refractivity (Wildman–Crippen MR) is 125 cm³/mol. The lowest BCUT2D eigenvalue weighted by Crippen LogP contribution is -2.51. The fourth-order valence-electron chi connectivity index (χ4n) is 6.08. The molecule has 0 radical (unpaired) electrons. The molecule has 5 heterocycles. The first-order valence-corrected chi connectivity index (χ1v) is 11.8. The molecule has 2 saturated heterocycles. The molecule has 34 heavy (non-hydrogen) atoms. The molecule has 2 bridgehead atoms. The molecule has 3 atom stereocenters. The van der Waals surface area contributed by atoms with Crippen molar-refractivity contribution >= 4 is 0 Å². The molecule has 0 amide bonds. The number of hydrogen-bond donors (Lipinski definition) is 1. The minimum Gasteiger partial charge on any atom is -0.466 e. The van der Waals surface area contributed by atoms with Gasteiger partial charge in [-0.15, -0.1) is 5.10 Å². The van der Waals surface area contributed by atoms with Gasteiger partial charge in [0.25, 0.3) is 0 Å². The van der Waals surface area contributed by atoms with Crippen molar-refractivity contribution in [2.24, 2.45) is 0 Å². The molecule has 4 aromatic rings. The normalized spacial score (nSPS) is 25.5. The Bertz CT molecular complexity index is 1250. The number of pyridine rings is 1. The number of furan rings is 1. The van der Waals surface area contributed by atoms with Crippen LogP contribution in [0.3, 0.4) is 0 Å². The first-order chi connectivity index (χ1) is 16.5. The van der Waals surface area contributed by atoms with Gasteiger partial charge in [0.2, 0.25) is 0 Å². The number of benzene rings is 1. The maximum atomic E-state index is 11.5. The van der Waals surface area contributed by atoms with Crippen molar-refractivity contribution in [3.05, 3.63) is 89.4 Å². The Hall–Kier alpha value is -3.36. The maximum absolute atomic E-state index is 11.5. The van der Waals surface area contributed by atoms with Crippen molar-refractivity contribution < 1.29 is 9.52 Å². The molecule has 8 nitrogen and oxygen atoms in total. The molecular weight excluding hydrogens is 428 g/mol. The van der Waals surface area contributed by atoms with E-state index in [1.54, 1.807) is 12.5 Å². The molecule has 0 saturated carbocycles. The number of fused-ring (bicyclic) bond motifs is 2. The number of rotatable bonds is 5. The first-order valence-electron chi connectivity index (χ1n) is 11.8. The van der Waals surface area contributed by atoms with E-state index in [1.807, 2.05) is 29.1 Å². The second-order valence-corrected chi connectivity index (χ2v) is 9.63. The Morgan fingerprint density at radius 1 is 1.03 bits per heavy atom. The lowest BCUT2D eigenvalue weighted by molar-refractivity contribution is -0.0791. The zero-order valence-corrected chi connectivity index (χ0v) is 19.4. The van der Waals surface area contributed by atoms with E-state index in [9.17, 15) is 5.11 Å². The smallest absolute Gasteiger partial charge is 0.178 e. The molecule has 3 aromatic heterocycles.